The minimum absolute atomic E-state index is 0.121. The van der Waals surface area contributed by atoms with Gasteiger partial charge in [0.05, 0.1) is 5.56 Å². The highest BCUT2D eigenvalue weighted by molar-refractivity contribution is 5.88. The van der Waals surface area contributed by atoms with Crippen LogP contribution in [0.5, 0.6) is 0 Å². The highest BCUT2D eigenvalue weighted by Crippen LogP contribution is 2.18. The molecular formula is C12H13N5O2. The number of hydrogen-bond acceptors (Lipinski definition) is 6. The molecule has 0 saturated carbocycles. The lowest BCUT2D eigenvalue weighted by Gasteiger charge is -2.11. The summed E-state index contributed by atoms with van der Waals surface area (Å²) in [5, 5.41) is 8.84. The number of nitrogen functional groups attached to an aromatic ring is 1. The van der Waals surface area contributed by atoms with E-state index in [2.05, 4.69) is 15.0 Å². The number of nitrogens with two attached hydrogens (primary N) is 1. The van der Waals surface area contributed by atoms with Crippen LogP contribution in [0.4, 0.5) is 11.9 Å². The number of rotatable bonds is 3. The Balaban J connectivity index is 2.43. The number of carboxylic acids is 1. The van der Waals surface area contributed by atoms with Crippen LogP contribution in [-0.4, -0.2) is 40.1 Å². The van der Waals surface area contributed by atoms with Gasteiger partial charge in [-0.05, 0) is 12.1 Å². The minimum atomic E-state index is -0.976. The highest BCUT2D eigenvalue weighted by Gasteiger charge is 2.09. The Morgan fingerprint density at radius 2 is 1.79 bits per heavy atom. The largest absolute Gasteiger partial charge is 0.478 e. The van der Waals surface area contributed by atoms with E-state index in [9.17, 15) is 4.79 Å². The van der Waals surface area contributed by atoms with E-state index >= 15 is 0 Å². The normalized spacial score (nSPS) is 10.2. The summed E-state index contributed by atoms with van der Waals surface area (Å²) < 4.78 is 0. The maximum atomic E-state index is 10.8. The zero-order chi connectivity index (χ0) is 14.0. The molecule has 7 heteroatoms. The number of carboxylic acid groups (broad SMARTS) is 1. The van der Waals surface area contributed by atoms with Crippen LogP contribution in [-0.2, 0) is 0 Å². The van der Waals surface area contributed by atoms with E-state index in [-0.39, 0.29) is 11.5 Å². The molecule has 0 radical (unpaired) electrons. The van der Waals surface area contributed by atoms with Gasteiger partial charge in [0.2, 0.25) is 11.9 Å². The molecule has 2 aromatic rings. The first kappa shape index (κ1) is 12.7. The molecule has 7 nitrogen and oxygen atoms in total. The second kappa shape index (κ2) is 4.89. The first-order valence-corrected chi connectivity index (χ1v) is 5.50. The van der Waals surface area contributed by atoms with Gasteiger partial charge in [0, 0.05) is 19.7 Å². The third-order valence-corrected chi connectivity index (χ3v) is 2.43. The maximum Gasteiger partial charge on any atom is 0.335 e. The van der Waals surface area contributed by atoms with Gasteiger partial charge in [0.25, 0.3) is 0 Å². The highest BCUT2D eigenvalue weighted by atomic mass is 16.4. The van der Waals surface area contributed by atoms with Crippen molar-refractivity contribution in [3.63, 3.8) is 0 Å². The maximum absolute atomic E-state index is 10.8. The molecule has 0 amide bonds. The number of carbonyl (C=O) groups is 1. The zero-order valence-corrected chi connectivity index (χ0v) is 10.5. The summed E-state index contributed by atoms with van der Waals surface area (Å²) in [5.41, 5.74) is 6.52. The molecule has 3 N–H and O–H groups in total. The Bertz CT molecular complexity index is 610. The molecular weight excluding hydrogens is 246 g/mol. The number of aromatic carboxylic acids is 1. The smallest absolute Gasteiger partial charge is 0.335 e. The molecule has 2 rings (SSSR count). The molecule has 0 bridgehead atoms. The summed E-state index contributed by atoms with van der Waals surface area (Å²) >= 11 is 0. The molecule has 98 valence electrons. The minimum Gasteiger partial charge on any atom is -0.478 e. The van der Waals surface area contributed by atoms with Crippen LogP contribution in [0.3, 0.4) is 0 Å². The van der Waals surface area contributed by atoms with Crippen molar-refractivity contribution in [3.05, 3.63) is 29.8 Å². The SMILES string of the molecule is CN(C)c1nc(N)nc(-c2ccc(C(=O)O)cc2)n1. The van der Waals surface area contributed by atoms with Crippen molar-refractivity contribution < 1.29 is 9.90 Å². The number of benzene rings is 1. The number of nitrogens with zero attached hydrogens (tertiary/aromatic N) is 4. The molecule has 0 aliphatic rings. The van der Waals surface area contributed by atoms with Gasteiger partial charge in [-0.15, -0.1) is 0 Å². The van der Waals surface area contributed by atoms with Gasteiger partial charge >= 0.3 is 5.97 Å². The van der Waals surface area contributed by atoms with E-state index in [4.69, 9.17) is 10.8 Å². The van der Waals surface area contributed by atoms with Crippen molar-refractivity contribution in [1.29, 1.82) is 0 Å². The zero-order valence-electron chi connectivity index (χ0n) is 10.5. The second-order valence-corrected chi connectivity index (χ2v) is 4.09. The van der Waals surface area contributed by atoms with E-state index in [1.165, 1.54) is 12.1 Å². The van der Waals surface area contributed by atoms with E-state index < -0.39 is 5.97 Å². The monoisotopic (exact) mass is 259 g/mol. The van der Waals surface area contributed by atoms with Gasteiger partial charge < -0.3 is 15.7 Å². The Kier molecular flexibility index (Phi) is 3.28. The van der Waals surface area contributed by atoms with Crippen LogP contribution in [0.25, 0.3) is 11.4 Å². The van der Waals surface area contributed by atoms with Crippen LogP contribution < -0.4 is 10.6 Å². The number of aromatic nitrogens is 3. The summed E-state index contributed by atoms with van der Waals surface area (Å²) in [6.07, 6.45) is 0. The molecule has 0 spiro atoms. The molecule has 0 atom stereocenters. The van der Waals surface area contributed by atoms with Gasteiger partial charge in [0.1, 0.15) is 0 Å². The Morgan fingerprint density at radius 3 is 2.32 bits per heavy atom. The summed E-state index contributed by atoms with van der Waals surface area (Å²) in [7, 11) is 3.60. The fourth-order valence-corrected chi connectivity index (χ4v) is 1.47. The molecule has 0 unspecified atom stereocenters. The van der Waals surface area contributed by atoms with Gasteiger partial charge in [-0.25, -0.2) is 4.79 Å². The summed E-state index contributed by atoms with van der Waals surface area (Å²) in [6, 6.07) is 6.26. The Labute approximate surface area is 109 Å². The van der Waals surface area contributed by atoms with Crippen molar-refractivity contribution in [3.8, 4) is 11.4 Å². The molecule has 1 aromatic carbocycles. The fraction of sp³-hybridized carbons (Fsp3) is 0.167. The fourth-order valence-electron chi connectivity index (χ4n) is 1.47. The second-order valence-electron chi connectivity index (χ2n) is 4.09. The summed E-state index contributed by atoms with van der Waals surface area (Å²) in [6.45, 7) is 0. The average molecular weight is 259 g/mol. The van der Waals surface area contributed by atoms with E-state index in [1.54, 1.807) is 31.1 Å². The molecule has 0 aliphatic heterocycles. The van der Waals surface area contributed by atoms with Gasteiger partial charge in [-0.3, -0.25) is 0 Å². The average Bonchev–Trinajstić information content (AvgIpc) is 2.38. The summed E-state index contributed by atoms with van der Waals surface area (Å²) in [5.74, 6) is 0.00431. The lowest BCUT2D eigenvalue weighted by molar-refractivity contribution is 0.0697. The van der Waals surface area contributed by atoms with E-state index in [0.717, 1.165) is 0 Å². The van der Waals surface area contributed by atoms with Crippen molar-refractivity contribution >= 4 is 17.9 Å². The Hall–Kier alpha value is -2.70. The predicted molar refractivity (Wildman–Crippen MR) is 71.0 cm³/mol. The van der Waals surface area contributed by atoms with Crippen molar-refractivity contribution in [2.45, 2.75) is 0 Å². The molecule has 0 saturated heterocycles. The Morgan fingerprint density at radius 1 is 1.16 bits per heavy atom. The number of hydrogen-bond donors (Lipinski definition) is 2. The predicted octanol–water partition coefficient (Wildman–Crippen LogP) is 0.885. The first-order valence-electron chi connectivity index (χ1n) is 5.50. The third kappa shape index (κ3) is 2.76. The van der Waals surface area contributed by atoms with Crippen molar-refractivity contribution in [2.75, 3.05) is 24.7 Å². The third-order valence-electron chi connectivity index (χ3n) is 2.43. The molecule has 1 heterocycles. The van der Waals surface area contributed by atoms with E-state index in [0.29, 0.717) is 17.3 Å². The van der Waals surface area contributed by atoms with Crippen molar-refractivity contribution in [2.24, 2.45) is 0 Å². The molecule has 19 heavy (non-hydrogen) atoms. The van der Waals surface area contributed by atoms with Crippen LogP contribution in [0, 0.1) is 0 Å². The first-order chi connectivity index (χ1) is 8.97. The van der Waals surface area contributed by atoms with Crippen LogP contribution in [0.2, 0.25) is 0 Å². The van der Waals surface area contributed by atoms with Crippen molar-refractivity contribution in [1.82, 2.24) is 15.0 Å². The van der Waals surface area contributed by atoms with Crippen LogP contribution in [0.15, 0.2) is 24.3 Å². The molecule has 0 fully saturated rings. The quantitative estimate of drug-likeness (QED) is 0.842. The molecule has 1 aromatic heterocycles. The lowest BCUT2D eigenvalue weighted by atomic mass is 10.1. The standard InChI is InChI=1S/C12H13N5O2/c1-17(2)12-15-9(14-11(13)16-12)7-3-5-8(6-4-7)10(18)19/h3-6H,1-2H3,(H,18,19)(H2,13,14,15,16). The lowest BCUT2D eigenvalue weighted by Crippen LogP contribution is -2.15. The van der Waals surface area contributed by atoms with Crippen LogP contribution >= 0.6 is 0 Å². The number of anilines is 2. The molecule has 0 aliphatic carbocycles. The van der Waals surface area contributed by atoms with Crippen LogP contribution in [0.1, 0.15) is 10.4 Å². The van der Waals surface area contributed by atoms with Gasteiger partial charge in [-0.1, -0.05) is 12.1 Å². The topological polar surface area (TPSA) is 105 Å². The van der Waals surface area contributed by atoms with Gasteiger partial charge in [0.15, 0.2) is 5.82 Å². The summed E-state index contributed by atoms with van der Waals surface area (Å²) in [4.78, 5) is 24.8. The van der Waals surface area contributed by atoms with E-state index in [1.807, 2.05) is 0 Å². The van der Waals surface area contributed by atoms with Gasteiger partial charge in [-0.2, -0.15) is 15.0 Å².